The zero-order valence-corrected chi connectivity index (χ0v) is 12.3. The number of nitrogens with two attached hydrogens (primary N) is 1. The average Bonchev–Trinajstić information content (AvgIpc) is 2.35. The zero-order chi connectivity index (χ0) is 13.4. The number of hydrogen-bond acceptors (Lipinski definition) is 3. The summed E-state index contributed by atoms with van der Waals surface area (Å²) < 4.78 is 5.68. The van der Waals surface area contributed by atoms with E-state index in [1.807, 2.05) is 18.2 Å². The maximum Gasteiger partial charge on any atom is 0.221 e. The molecule has 0 fully saturated rings. The molecule has 0 aliphatic rings. The molecule has 0 bridgehead atoms. The van der Waals surface area contributed by atoms with Gasteiger partial charge in [0, 0.05) is 13.0 Å². The van der Waals surface area contributed by atoms with Crippen molar-refractivity contribution >= 4 is 18.3 Å². The Balaban J connectivity index is 0.00000324. The first-order chi connectivity index (χ1) is 8.65. The van der Waals surface area contributed by atoms with Crippen LogP contribution in [0, 0.1) is 0 Å². The Hall–Kier alpha value is -1.26. The number of hydrogen-bond donors (Lipinski definition) is 2. The van der Waals surface area contributed by atoms with Gasteiger partial charge >= 0.3 is 0 Å². The minimum absolute atomic E-state index is 0. The second-order valence-electron chi connectivity index (χ2n) is 4.43. The van der Waals surface area contributed by atoms with Gasteiger partial charge < -0.3 is 15.8 Å². The van der Waals surface area contributed by atoms with Crippen LogP contribution in [0.2, 0.25) is 0 Å². The van der Waals surface area contributed by atoms with Crippen molar-refractivity contribution in [3.05, 3.63) is 29.8 Å². The Bertz CT molecular complexity index is 383. The van der Waals surface area contributed by atoms with E-state index in [2.05, 4.69) is 25.2 Å². The van der Waals surface area contributed by atoms with Crippen LogP contribution < -0.4 is 15.8 Å². The van der Waals surface area contributed by atoms with Gasteiger partial charge in [-0.15, -0.1) is 12.4 Å². The molecule has 19 heavy (non-hydrogen) atoms. The third-order valence-corrected chi connectivity index (χ3v) is 2.59. The third-order valence-electron chi connectivity index (χ3n) is 2.59. The first-order valence-electron chi connectivity index (χ1n) is 6.33. The van der Waals surface area contributed by atoms with E-state index in [9.17, 15) is 4.79 Å². The van der Waals surface area contributed by atoms with Crippen LogP contribution in [0.25, 0.3) is 0 Å². The molecule has 0 aromatic heterocycles. The predicted octanol–water partition coefficient (Wildman–Crippen LogP) is 2.08. The third kappa shape index (κ3) is 6.45. The predicted molar refractivity (Wildman–Crippen MR) is 80.0 cm³/mol. The fourth-order valence-corrected chi connectivity index (χ4v) is 1.66. The highest BCUT2D eigenvalue weighted by atomic mass is 35.5. The second kappa shape index (κ2) is 9.64. The summed E-state index contributed by atoms with van der Waals surface area (Å²) >= 11 is 0. The zero-order valence-electron chi connectivity index (χ0n) is 11.5. The molecule has 0 heterocycles. The van der Waals surface area contributed by atoms with Gasteiger partial charge in [0.15, 0.2) is 0 Å². The molecule has 1 rings (SSSR count). The molecule has 0 unspecified atom stereocenters. The smallest absolute Gasteiger partial charge is 0.221 e. The van der Waals surface area contributed by atoms with Gasteiger partial charge in [0.2, 0.25) is 5.91 Å². The van der Waals surface area contributed by atoms with Gasteiger partial charge in [-0.2, -0.15) is 0 Å². The average molecular weight is 287 g/mol. The maximum atomic E-state index is 11.2. The maximum absolute atomic E-state index is 11.2. The molecule has 1 amide bonds. The Morgan fingerprint density at radius 3 is 2.68 bits per heavy atom. The molecule has 5 heteroatoms. The van der Waals surface area contributed by atoms with E-state index in [0.29, 0.717) is 32.0 Å². The molecule has 0 aliphatic carbocycles. The molecule has 0 saturated carbocycles. The lowest BCUT2D eigenvalue weighted by Gasteiger charge is -2.14. The summed E-state index contributed by atoms with van der Waals surface area (Å²) in [4.78, 5) is 11.2. The normalized spacial score (nSPS) is 9.89. The summed E-state index contributed by atoms with van der Waals surface area (Å²) in [6, 6.07) is 7.98. The van der Waals surface area contributed by atoms with Gasteiger partial charge in [0.1, 0.15) is 12.4 Å². The molecular formula is C14H23ClN2O2. The summed E-state index contributed by atoms with van der Waals surface area (Å²) in [5, 5.41) is 2.76. The Kier molecular flexibility index (Phi) is 9.00. The molecule has 1 aromatic rings. The van der Waals surface area contributed by atoms with Crippen molar-refractivity contribution in [1.82, 2.24) is 5.32 Å². The number of ether oxygens (including phenoxy) is 1. The minimum Gasteiger partial charge on any atom is -0.491 e. The summed E-state index contributed by atoms with van der Waals surface area (Å²) in [6.45, 7) is 5.62. The first kappa shape index (κ1) is 17.7. The monoisotopic (exact) mass is 286 g/mol. The highest BCUT2D eigenvalue weighted by Crippen LogP contribution is 2.25. The number of nitrogens with one attached hydrogen (secondary N) is 1. The second-order valence-corrected chi connectivity index (χ2v) is 4.43. The van der Waals surface area contributed by atoms with Crippen molar-refractivity contribution in [3.8, 4) is 5.75 Å². The van der Waals surface area contributed by atoms with Crippen molar-refractivity contribution in [1.29, 1.82) is 0 Å². The fourth-order valence-electron chi connectivity index (χ4n) is 1.66. The van der Waals surface area contributed by atoms with Crippen LogP contribution in [0.4, 0.5) is 0 Å². The Labute approximate surface area is 121 Å². The number of amides is 1. The van der Waals surface area contributed by atoms with Crippen molar-refractivity contribution in [3.63, 3.8) is 0 Å². The lowest BCUT2D eigenvalue weighted by Crippen LogP contribution is -2.29. The van der Waals surface area contributed by atoms with Crippen LogP contribution >= 0.6 is 12.4 Å². The molecule has 4 nitrogen and oxygen atoms in total. The summed E-state index contributed by atoms with van der Waals surface area (Å²) in [5.41, 5.74) is 6.47. The molecule has 108 valence electrons. The van der Waals surface area contributed by atoms with Crippen molar-refractivity contribution in [2.45, 2.75) is 26.2 Å². The van der Waals surface area contributed by atoms with Gasteiger partial charge in [0.25, 0.3) is 0 Å². The van der Waals surface area contributed by atoms with E-state index in [1.165, 1.54) is 5.56 Å². The topological polar surface area (TPSA) is 64.3 Å². The van der Waals surface area contributed by atoms with Crippen LogP contribution in [-0.4, -0.2) is 25.6 Å². The number of rotatable bonds is 7. The summed E-state index contributed by atoms with van der Waals surface area (Å²) in [5.74, 6) is 1.28. The first-order valence-corrected chi connectivity index (χ1v) is 6.33. The Morgan fingerprint density at radius 2 is 2.05 bits per heavy atom. The van der Waals surface area contributed by atoms with Gasteiger partial charge in [-0.1, -0.05) is 32.0 Å². The molecule has 0 radical (unpaired) electrons. The minimum atomic E-state index is -0.0294. The highest BCUT2D eigenvalue weighted by Gasteiger charge is 2.06. The van der Waals surface area contributed by atoms with Gasteiger partial charge in [-0.25, -0.2) is 0 Å². The summed E-state index contributed by atoms with van der Waals surface area (Å²) in [7, 11) is 0. The van der Waals surface area contributed by atoms with Crippen molar-refractivity contribution in [2.24, 2.45) is 5.73 Å². The van der Waals surface area contributed by atoms with E-state index < -0.39 is 0 Å². The standard InChI is InChI=1S/C14H22N2O2.ClH/c1-11(2)12-5-3-4-6-13(12)18-10-9-16-14(17)7-8-15;/h3-6,11H,7-10,15H2,1-2H3,(H,16,17);1H. The quantitative estimate of drug-likeness (QED) is 0.754. The van der Waals surface area contributed by atoms with E-state index in [1.54, 1.807) is 0 Å². The van der Waals surface area contributed by atoms with E-state index in [-0.39, 0.29) is 18.3 Å². The SMILES string of the molecule is CC(C)c1ccccc1OCCNC(=O)CCN.Cl. The number of carbonyl (C=O) groups excluding carboxylic acids is 1. The number of halogens is 1. The van der Waals surface area contributed by atoms with E-state index in [4.69, 9.17) is 10.5 Å². The van der Waals surface area contributed by atoms with Gasteiger partial charge in [-0.05, 0) is 17.5 Å². The lowest BCUT2D eigenvalue weighted by molar-refractivity contribution is -0.120. The van der Waals surface area contributed by atoms with Gasteiger partial charge in [0.05, 0.1) is 6.54 Å². The van der Waals surface area contributed by atoms with Crippen molar-refractivity contribution < 1.29 is 9.53 Å². The fraction of sp³-hybridized carbons (Fsp3) is 0.500. The molecule has 1 aromatic carbocycles. The molecule has 0 atom stereocenters. The van der Waals surface area contributed by atoms with Crippen LogP contribution in [0.1, 0.15) is 31.7 Å². The van der Waals surface area contributed by atoms with Crippen LogP contribution in [-0.2, 0) is 4.79 Å². The largest absolute Gasteiger partial charge is 0.491 e. The molecule has 0 spiro atoms. The molecule has 3 N–H and O–H groups in total. The number of para-hydroxylation sites is 1. The van der Waals surface area contributed by atoms with Gasteiger partial charge in [-0.3, -0.25) is 4.79 Å². The number of carbonyl (C=O) groups is 1. The Morgan fingerprint density at radius 1 is 1.37 bits per heavy atom. The van der Waals surface area contributed by atoms with Crippen LogP contribution in [0.15, 0.2) is 24.3 Å². The molecule has 0 aliphatic heterocycles. The van der Waals surface area contributed by atoms with Crippen LogP contribution in [0.5, 0.6) is 5.75 Å². The van der Waals surface area contributed by atoms with Crippen molar-refractivity contribution in [2.75, 3.05) is 19.7 Å². The van der Waals surface area contributed by atoms with E-state index in [0.717, 1.165) is 5.75 Å². The molecular weight excluding hydrogens is 264 g/mol. The number of benzene rings is 1. The van der Waals surface area contributed by atoms with Crippen LogP contribution in [0.3, 0.4) is 0 Å². The summed E-state index contributed by atoms with van der Waals surface area (Å²) in [6.07, 6.45) is 0.364. The lowest BCUT2D eigenvalue weighted by atomic mass is 10.0. The molecule has 0 saturated heterocycles. The van der Waals surface area contributed by atoms with E-state index >= 15 is 0 Å². The highest BCUT2D eigenvalue weighted by molar-refractivity contribution is 5.85.